The summed E-state index contributed by atoms with van der Waals surface area (Å²) in [6.07, 6.45) is 3.75. The summed E-state index contributed by atoms with van der Waals surface area (Å²) < 4.78 is 36.5. The van der Waals surface area contributed by atoms with Gasteiger partial charge in [0.1, 0.15) is 44.7 Å². The Hall–Kier alpha value is -17.4. The van der Waals surface area contributed by atoms with Crippen LogP contribution in [0.15, 0.2) is 436 Å². The first-order chi connectivity index (χ1) is 65.4. The van der Waals surface area contributed by atoms with Gasteiger partial charge in [-0.25, -0.2) is 19.9 Å². The predicted octanol–water partition coefficient (Wildman–Crippen LogP) is 32.3. The maximum Gasteiger partial charge on any atom is 0.195 e. The molecule has 0 aliphatic heterocycles. The largest absolute Gasteiger partial charge is 0.456 e. The number of nitrogens with zero attached hydrogens (tertiary/aromatic N) is 9. The van der Waals surface area contributed by atoms with Crippen LogP contribution in [0.25, 0.3) is 262 Å². The van der Waals surface area contributed by atoms with Crippen molar-refractivity contribution in [1.82, 2.24) is 43.2 Å². The summed E-state index contributed by atoms with van der Waals surface area (Å²) in [5.41, 5.74) is 28.8. The molecule has 0 amide bonds. The van der Waals surface area contributed by atoms with Crippen LogP contribution >= 0.6 is 22.7 Å². The number of hydrogen-bond acceptors (Lipinski definition) is 11. The van der Waals surface area contributed by atoms with E-state index < -0.39 is 0 Å². The van der Waals surface area contributed by atoms with E-state index in [1.807, 2.05) is 109 Å². The van der Waals surface area contributed by atoms with Gasteiger partial charge in [0.25, 0.3) is 0 Å². The molecule has 0 bridgehead atoms. The van der Waals surface area contributed by atoms with Crippen LogP contribution in [0, 0.1) is 0 Å². The fraction of sp³-hybridized carbons (Fsp3) is 0. The van der Waals surface area contributed by atoms with Crippen LogP contribution in [0.1, 0.15) is 0 Å². The van der Waals surface area contributed by atoms with Crippen LogP contribution < -0.4 is 0 Å². The van der Waals surface area contributed by atoms with Gasteiger partial charge in [-0.1, -0.05) is 236 Å². The minimum Gasteiger partial charge on any atom is -0.456 e. The third kappa shape index (κ3) is 12.2. The Morgan fingerprint density at radius 1 is 0.227 bits per heavy atom. The average molecular weight is 1730 g/mol. The summed E-state index contributed by atoms with van der Waals surface area (Å²) in [6.45, 7) is 0. The molecule has 12 heterocycles. The molecule has 0 saturated heterocycles. The van der Waals surface area contributed by atoms with Gasteiger partial charge in [-0.3, -0.25) is 9.55 Å². The van der Waals surface area contributed by atoms with Crippen LogP contribution in [-0.2, 0) is 0 Å². The third-order valence-corrected chi connectivity index (χ3v) is 27.7. The number of thiazole rings is 2. The van der Waals surface area contributed by atoms with Crippen molar-refractivity contribution < 1.29 is 17.7 Å². The lowest BCUT2D eigenvalue weighted by molar-refractivity contribution is 0.669. The zero-order valence-electron chi connectivity index (χ0n) is 70.3. The molecule has 0 aliphatic rings. The number of pyridine rings is 1. The van der Waals surface area contributed by atoms with Crippen molar-refractivity contribution in [2.45, 2.75) is 0 Å². The molecule has 30 aromatic rings. The number of benzene rings is 18. The summed E-state index contributed by atoms with van der Waals surface area (Å²) in [5.74, 6) is 0.697. The van der Waals surface area contributed by atoms with Crippen molar-refractivity contribution in [3.63, 3.8) is 0 Å². The average Bonchev–Trinajstić information content (AvgIpc) is 1.58. The molecule has 0 unspecified atom stereocenters. The third-order valence-electron chi connectivity index (χ3n) is 25.9. The smallest absolute Gasteiger partial charge is 0.195 e. The summed E-state index contributed by atoms with van der Waals surface area (Å²) in [7, 11) is 0. The van der Waals surface area contributed by atoms with Crippen molar-refractivity contribution in [1.29, 1.82) is 0 Å². The summed E-state index contributed by atoms with van der Waals surface area (Å²) >= 11 is 3.39. The molecule has 15 heteroatoms. The molecule has 0 spiro atoms. The molecule has 618 valence electrons. The Kier molecular flexibility index (Phi) is 17.1. The second-order valence-electron chi connectivity index (χ2n) is 33.4. The maximum absolute atomic E-state index is 6.29. The van der Waals surface area contributed by atoms with Gasteiger partial charge in [-0.2, -0.15) is 0 Å². The number of hydrogen-bond donors (Lipinski definition) is 0. The van der Waals surface area contributed by atoms with Crippen LogP contribution in [0.4, 0.5) is 0 Å². The Balaban J connectivity index is 0.0000000916. The highest BCUT2D eigenvalue weighted by Gasteiger charge is 2.24. The minimum atomic E-state index is 0.697. The molecule has 132 heavy (non-hydrogen) atoms. The molecule has 12 aromatic heterocycles. The SMILES string of the molecule is c1ccc(-c2cc(-c3ccccc3)nc(-c3ccc(-n4c5ccccc5c5cc6c(cc54)oc4ccccc46)cc3)n2)cc1.c1ccc2c(c1)oc1cc3c(cc12)c1ccccc1n3-c1ccc2cnccc2c1.c1ccc2c(c1)oc1cc3c(cc12)c1ccccc1n3-c1ccc2ncsc2c1.c1ccc2sc(-n3c4ccccc4c4cc5c(cc43)oc3ccccc35)nc2c1. The molecule has 0 atom stereocenters. The van der Waals surface area contributed by atoms with Gasteiger partial charge in [-0.15, -0.1) is 11.3 Å². The standard InChI is InChI=1S/C40H25N3O.C27H16N2O.2C25H14N2OS/c1-3-11-26(12-4-1)34-24-35(27-13-5-2-6-14-27)42-40(41-34)28-19-21-29(22-20-28)43-36-17-9-7-15-30(36)32-23-33-31-16-8-10-18-38(31)44-39(33)25-37(32)43;1-3-7-24-20(5-1)22-14-23-21-6-2-4-8-26(21)30-27(23)15-25(22)29(24)19-10-9-18-16-28-12-11-17(18)13-19;1-4-10-20-15(7-1)17-13-18-16-8-2-5-11-22(16)28-23(18)14-21(17)27(20)25-26-19-9-3-6-12-24(19)29-25;1-3-7-21-16(5-1)18-12-19-17-6-2-4-8-23(17)28-24(19)13-22(18)27(21)15-9-10-20-25(11-15)29-14-26-20/h1-25H;1-16H;2*1-14H. The van der Waals surface area contributed by atoms with E-state index >= 15 is 0 Å². The molecule has 30 rings (SSSR count). The van der Waals surface area contributed by atoms with Gasteiger partial charge in [0.15, 0.2) is 11.0 Å². The van der Waals surface area contributed by atoms with Crippen molar-refractivity contribution in [2.75, 3.05) is 0 Å². The Morgan fingerprint density at radius 2 is 0.614 bits per heavy atom. The van der Waals surface area contributed by atoms with Crippen molar-refractivity contribution >= 4 is 229 Å². The van der Waals surface area contributed by atoms with Gasteiger partial charge in [0.05, 0.1) is 81.5 Å². The maximum atomic E-state index is 6.29. The van der Waals surface area contributed by atoms with E-state index in [9.17, 15) is 0 Å². The number of rotatable bonds is 7. The predicted molar refractivity (Wildman–Crippen MR) is 546 cm³/mol. The Morgan fingerprint density at radius 3 is 1.08 bits per heavy atom. The first kappa shape index (κ1) is 74.8. The molecular formula is C117H69N9O4S2. The van der Waals surface area contributed by atoms with Crippen molar-refractivity contribution in [2.24, 2.45) is 0 Å². The highest BCUT2D eigenvalue weighted by Crippen LogP contribution is 2.46. The molecule has 0 radical (unpaired) electrons. The van der Waals surface area contributed by atoms with E-state index in [0.717, 1.165) is 182 Å². The molecule has 13 nitrogen and oxygen atoms in total. The Labute approximate surface area is 758 Å². The van der Waals surface area contributed by atoms with Crippen LogP contribution in [0.2, 0.25) is 0 Å². The highest BCUT2D eigenvalue weighted by atomic mass is 32.1. The number of fused-ring (bicyclic) bond motifs is 27. The summed E-state index contributed by atoms with van der Waals surface area (Å²) in [4.78, 5) is 23.6. The van der Waals surface area contributed by atoms with E-state index in [1.165, 1.54) is 74.4 Å². The number of furan rings is 4. The molecule has 0 fully saturated rings. The zero-order valence-corrected chi connectivity index (χ0v) is 71.9. The van der Waals surface area contributed by atoms with E-state index in [-0.39, 0.29) is 0 Å². The first-order valence-corrected chi connectivity index (χ1v) is 45.6. The molecular weight excluding hydrogens is 1660 g/mol. The quantitative estimate of drug-likeness (QED) is 0.153. The topological polar surface area (TPSA) is 137 Å². The molecule has 18 aromatic carbocycles. The molecule has 0 saturated carbocycles. The van der Waals surface area contributed by atoms with Gasteiger partial charge >= 0.3 is 0 Å². The molecule has 0 aliphatic carbocycles. The first-order valence-electron chi connectivity index (χ1n) is 43.9. The number of aromatic nitrogens is 9. The lowest BCUT2D eigenvalue weighted by Crippen LogP contribution is -1.97. The van der Waals surface area contributed by atoms with Crippen molar-refractivity contribution in [3.05, 3.63) is 418 Å². The van der Waals surface area contributed by atoms with Crippen LogP contribution in [-0.4, -0.2) is 43.2 Å². The van der Waals surface area contributed by atoms with Gasteiger partial charge in [-0.05, 0) is 157 Å². The van der Waals surface area contributed by atoms with Crippen molar-refractivity contribution in [3.8, 4) is 56.1 Å². The van der Waals surface area contributed by atoms with E-state index in [1.54, 1.807) is 22.7 Å². The van der Waals surface area contributed by atoms with Crippen LogP contribution in [0.5, 0.6) is 0 Å². The van der Waals surface area contributed by atoms with E-state index in [4.69, 9.17) is 32.6 Å². The molecule has 0 N–H and O–H groups in total. The summed E-state index contributed by atoms with van der Waals surface area (Å²) in [6, 6.07) is 140. The number of para-hydroxylation sites is 9. The van der Waals surface area contributed by atoms with E-state index in [2.05, 4.69) is 338 Å². The monoisotopic (exact) mass is 1730 g/mol. The lowest BCUT2D eigenvalue weighted by atomic mass is 10.1. The van der Waals surface area contributed by atoms with Gasteiger partial charge < -0.3 is 31.4 Å². The second-order valence-corrected chi connectivity index (χ2v) is 35.3. The highest BCUT2D eigenvalue weighted by molar-refractivity contribution is 7.20. The van der Waals surface area contributed by atoms with Gasteiger partial charge in [0.2, 0.25) is 0 Å². The van der Waals surface area contributed by atoms with Crippen LogP contribution in [0.3, 0.4) is 0 Å². The fourth-order valence-electron chi connectivity index (χ4n) is 19.8. The van der Waals surface area contributed by atoms with Gasteiger partial charge in [0, 0.05) is 162 Å². The Bertz CT molecular complexity index is 9640. The summed E-state index contributed by atoms with van der Waals surface area (Å²) in [5, 5.41) is 22.4. The fourth-order valence-corrected chi connectivity index (χ4v) is 21.5. The normalized spacial score (nSPS) is 11.9. The van der Waals surface area contributed by atoms with E-state index in [0.29, 0.717) is 5.82 Å². The minimum absolute atomic E-state index is 0.697. The second kappa shape index (κ2) is 30.2. The lowest BCUT2D eigenvalue weighted by Gasteiger charge is -2.11. The zero-order chi connectivity index (χ0) is 86.6.